The fraction of sp³-hybridized carbons (Fsp3) is 0.273. The van der Waals surface area contributed by atoms with E-state index >= 15 is 0 Å². The molecule has 0 bridgehead atoms. The number of carbonyl (C=O) groups is 1. The molecule has 5 nitrogen and oxygen atoms in total. The fourth-order valence-corrected chi connectivity index (χ4v) is 1.82. The van der Waals surface area contributed by atoms with Crippen molar-refractivity contribution in [3.63, 3.8) is 0 Å². The number of nitrogens with two attached hydrogens (primary N) is 1. The molecule has 1 amide bonds. The molecule has 1 unspecified atom stereocenters. The molecule has 0 aromatic heterocycles. The Kier molecular flexibility index (Phi) is 3.55. The summed E-state index contributed by atoms with van der Waals surface area (Å²) in [5, 5.41) is 4.18. The molecule has 0 saturated carbocycles. The van der Waals surface area contributed by atoms with Gasteiger partial charge in [0.15, 0.2) is 0 Å². The molecule has 3 N–H and O–H groups in total. The van der Waals surface area contributed by atoms with Crippen LogP contribution in [0.2, 0.25) is 0 Å². The Hall–Kier alpha value is -1.66. The number of carbonyl (C=O) groups excluding carboxylic acids is 1. The second kappa shape index (κ2) is 5.11. The molecule has 0 spiro atoms. The third-order valence-corrected chi connectivity index (χ3v) is 2.80. The van der Waals surface area contributed by atoms with Crippen molar-refractivity contribution >= 4 is 23.3 Å². The predicted molar refractivity (Wildman–Crippen MR) is 67.1 cm³/mol. The highest BCUT2D eigenvalue weighted by molar-refractivity contribution is 7.80. The average Bonchev–Trinajstić information content (AvgIpc) is 2.76. The Morgan fingerprint density at radius 1 is 1.47 bits per heavy atom. The Balaban J connectivity index is 1.94. The van der Waals surface area contributed by atoms with Crippen molar-refractivity contribution < 1.29 is 9.53 Å². The molecule has 0 aliphatic carbocycles. The monoisotopic (exact) mass is 251 g/mol. The van der Waals surface area contributed by atoms with Gasteiger partial charge in [-0.3, -0.25) is 9.80 Å². The van der Waals surface area contributed by atoms with Crippen molar-refractivity contribution in [3.8, 4) is 5.75 Å². The first-order valence-corrected chi connectivity index (χ1v) is 5.65. The number of para-hydroxylation sites is 1. The highest BCUT2D eigenvalue weighted by Crippen LogP contribution is 2.12. The van der Waals surface area contributed by atoms with Crippen molar-refractivity contribution in [2.45, 2.75) is 12.5 Å². The highest BCUT2D eigenvalue weighted by atomic mass is 32.1. The third kappa shape index (κ3) is 2.92. The van der Waals surface area contributed by atoms with E-state index in [2.05, 4.69) is 5.32 Å². The van der Waals surface area contributed by atoms with E-state index in [4.69, 9.17) is 22.8 Å². The first-order chi connectivity index (χ1) is 8.16. The van der Waals surface area contributed by atoms with Crippen molar-refractivity contribution in [1.82, 2.24) is 10.3 Å². The van der Waals surface area contributed by atoms with E-state index in [0.717, 1.165) is 0 Å². The largest absolute Gasteiger partial charge is 0.431 e. The second-order valence-corrected chi connectivity index (χ2v) is 4.10. The van der Waals surface area contributed by atoms with E-state index in [9.17, 15) is 4.79 Å². The average molecular weight is 251 g/mol. The third-order valence-electron chi connectivity index (χ3n) is 2.51. The van der Waals surface area contributed by atoms with Gasteiger partial charge >= 0.3 is 0 Å². The van der Waals surface area contributed by atoms with Gasteiger partial charge in [0.2, 0.25) is 5.91 Å². The van der Waals surface area contributed by atoms with Crippen molar-refractivity contribution in [3.05, 3.63) is 30.3 Å². The number of hydrogen-bond acceptors (Lipinski definition) is 4. The number of rotatable bonds is 2. The Bertz CT molecular complexity index is 424. The van der Waals surface area contributed by atoms with Gasteiger partial charge in [-0.2, -0.15) is 0 Å². The summed E-state index contributed by atoms with van der Waals surface area (Å²) >= 11 is 5.07. The van der Waals surface area contributed by atoms with Crippen molar-refractivity contribution in [2.24, 2.45) is 5.84 Å². The van der Waals surface area contributed by atoms with Crippen LogP contribution in [0.1, 0.15) is 6.42 Å². The lowest BCUT2D eigenvalue weighted by Gasteiger charge is -2.24. The van der Waals surface area contributed by atoms with Crippen LogP contribution < -0.4 is 15.9 Å². The lowest BCUT2D eigenvalue weighted by molar-refractivity contribution is -0.119. The summed E-state index contributed by atoms with van der Waals surface area (Å²) in [7, 11) is 0. The Labute approximate surface area is 105 Å². The maximum Gasteiger partial charge on any atom is 0.279 e. The second-order valence-electron chi connectivity index (χ2n) is 3.75. The van der Waals surface area contributed by atoms with Gasteiger partial charge in [-0.05, 0) is 24.4 Å². The molecule has 1 saturated heterocycles. The molecule has 6 heteroatoms. The van der Waals surface area contributed by atoms with E-state index in [1.54, 1.807) is 12.1 Å². The summed E-state index contributed by atoms with van der Waals surface area (Å²) in [6, 6.07) is 9.02. The van der Waals surface area contributed by atoms with Crippen molar-refractivity contribution in [1.29, 1.82) is 0 Å². The zero-order chi connectivity index (χ0) is 12.3. The summed E-state index contributed by atoms with van der Waals surface area (Å²) in [5.74, 6) is 6.42. The van der Waals surface area contributed by atoms with E-state index < -0.39 is 0 Å². The summed E-state index contributed by atoms with van der Waals surface area (Å²) in [6.07, 6.45) is 0.342. The zero-order valence-corrected chi connectivity index (χ0v) is 9.94. The molecule has 1 fully saturated rings. The predicted octanol–water partition coefficient (Wildman–Crippen LogP) is 0.414. The van der Waals surface area contributed by atoms with Crippen LogP contribution in [0.25, 0.3) is 0 Å². The Morgan fingerprint density at radius 2 is 2.18 bits per heavy atom. The minimum absolute atomic E-state index is 0.0204. The van der Waals surface area contributed by atoms with Gasteiger partial charge in [-0.1, -0.05) is 18.2 Å². The summed E-state index contributed by atoms with van der Waals surface area (Å²) in [6.45, 7) is 0.494. The zero-order valence-electron chi connectivity index (χ0n) is 9.13. The number of hydrazine groups is 1. The quantitative estimate of drug-likeness (QED) is 0.453. The molecule has 0 radical (unpaired) electrons. The van der Waals surface area contributed by atoms with Crippen LogP contribution in [0.4, 0.5) is 0 Å². The SMILES string of the molecule is NN(C(=S)Oc1ccccc1)C1CNC(=O)C1. The van der Waals surface area contributed by atoms with Crippen molar-refractivity contribution in [2.75, 3.05) is 6.54 Å². The van der Waals surface area contributed by atoms with Gasteiger partial charge < -0.3 is 10.1 Å². The van der Waals surface area contributed by atoms with Crippen LogP contribution in [0.3, 0.4) is 0 Å². The van der Waals surface area contributed by atoms with E-state index in [1.165, 1.54) is 5.01 Å². The normalized spacial score (nSPS) is 18.6. The standard InChI is InChI=1S/C11H13N3O2S/c12-14(8-6-10(15)13-7-8)11(17)16-9-4-2-1-3-5-9/h1-5,8H,6-7,12H2,(H,13,15). The molecule has 90 valence electrons. The number of nitrogens with one attached hydrogen (secondary N) is 1. The number of ether oxygens (including phenoxy) is 1. The van der Waals surface area contributed by atoms with Crippen LogP contribution in [0.15, 0.2) is 30.3 Å². The first kappa shape index (κ1) is 11.8. The van der Waals surface area contributed by atoms with Gasteiger partial charge in [0.1, 0.15) is 5.75 Å². The summed E-state index contributed by atoms with van der Waals surface area (Å²) < 4.78 is 5.42. The lowest BCUT2D eigenvalue weighted by atomic mass is 10.2. The number of amides is 1. The first-order valence-electron chi connectivity index (χ1n) is 5.24. The molecule has 17 heavy (non-hydrogen) atoms. The summed E-state index contributed by atoms with van der Waals surface area (Å²) in [5.41, 5.74) is 0. The van der Waals surface area contributed by atoms with E-state index in [1.807, 2.05) is 18.2 Å². The smallest absolute Gasteiger partial charge is 0.279 e. The number of nitrogens with zero attached hydrogens (tertiary/aromatic N) is 1. The van der Waals surface area contributed by atoms with E-state index in [0.29, 0.717) is 18.7 Å². The van der Waals surface area contributed by atoms with Gasteiger partial charge in [-0.25, -0.2) is 5.84 Å². The minimum Gasteiger partial charge on any atom is -0.431 e. The molecule has 2 rings (SSSR count). The molecule has 1 aliphatic heterocycles. The van der Waals surface area contributed by atoms with Crippen LogP contribution in [-0.2, 0) is 4.79 Å². The van der Waals surface area contributed by atoms with Gasteiger partial charge in [0, 0.05) is 6.54 Å². The highest BCUT2D eigenvalue weighted by Gasteiger charge is 2.28. The maximum absolute atomic E-state index is 11.1. The maximum atomic E-state index is 11.1. The number of thiocarbonyl (C=S) groups is 1. The Morgan fingerprint density at radius 3 is 2.76 bits per heavy atom. The van der Waals surface area contributed by atoms with Crippen LogP contribution in [0.5, 0.6) is 5.75 Å². The fourth-order valence-electron chi connectivity index (χ4n) is 1.58. The van der Waals surface area contributed by atoms with Crippen LogP contribution in [-0.4, -0.2) is 28.7 Å². The van der Waals surface area contributed by atoms with Crippen LogP contribution >= 0.6 is 12.2 Å². The topological polar surface area (TPSA) is 67.6 Å². The van der Waals surface area contributed by atoms with Crippen LogP contribution in [0, 0.1) is 0 Å². The molecule has 1 aliphatic rings. The molecule has 1 aromatic carbocycles. The lowest BCUT2D eigenvalue weighted by Crippen LogP contribution is -2.47. The van der Waals surface area contributed by atoms with Gasteiger partial charge in [0.05, 0.1) is 12.5 Å². The summed E-state index contributed by atoms with van der Waals surface area (Å²) in [4.78, 5) is 11.1. The molecular weight excluding hydrogens is 238 g/mol. The molecular formula is C11H13N3O2S. The minimum atomic E-state index is -0.140. The number of hydrogen-bond donors (Lipinski definition) is 2. The van der Waals surface area contributed by atoms with Gasteiger partial charge in [0.25, 0.3) is 5.17 Å². The molecule has 1 aromatic rings. The molecule has 1 atom stereocenters. The van der Waals surface area contributed by atoms with Gasteiger partial charge in [-0.15, -0.1) is 0 Å². The number of benzene rings is 1. The molecule has 1 heterocycles. The van der Waals surface area contributed by atoms with E-state index in [-0.39, 0.29) is 17.1 Å².